The fraction of sp³-hybridized carbons (Fsp3) is 0.150. The van der Waals surface area contributed by atoms with E-state index in [0.29, 0.717) is 18.2 Å². The van der Waals surface area contributed by atoms with Crippen LogP contribution in [0.25, 0.3) is 0 Å². The van der Waals surface area contributed by atoms with Gasteiger partial charge in [-0.05, 0) is 30.7 Å². The van der Waals surface area contributed by atoms with Crippen LogP contribution in [0.4, 0.5) is 16.0 Å². The maximum Gasteiger partial charge on any atom is 0.274 e. The third-order valence-electron chi connectivity index (χ3n) is 3.80. The minimum atomic E-state index is -0.493. The fourth-order valence-corrected chi connectivity index (χ4v) is 2.52. The number of amides is 1. The van der Waals surface area contributed by atoms with Gasteiger partial charge in [-0.25, -0.2) is 14.4 Å². The van der Waals surface area contributed by atoms with Gasteiger partial charge < -0.3 is 10.2 Å². The molecule has 0 atom stereocenters. The van der Waals surface area contributed by atoms with Crippen molar-refractivity contribution in [3.05, 3.63) is 83.4 Å². The molecule has 3 aromatic rings. The Morgan fingerprint density at radius 2 is 1.77 bits per heavy atom. The first-order chi connectivity index (χ1) is 12.5. The topological polar surface area (TPSA) is 58.1 Å². The molecule has 1 N–H and O–H groups in total. The smallest absolute Gasteiger partial charge is 0.274 e. The zero-order valence-electron chi connectivity index (χ0n) is 14.6. The highest BCUT2D eigenvalue weighted by Gasteiger charge is 2.14. The summed E-state index contributed by atoms with van der Waals surface area (Å²) in [5, 5.41) is 2.55. The molecule has 26 heavy (non-hydrogen) atoms. The molecule has 3 rings (SSSR count). The summed E-state index contributed by atoms with van der Waals surface area (Å²) in [4.78, 5) is 23.1. The summed E-state index contributed by atoms with van der Waals surface area (Å²) >= 11 is 0. The van der Waals surface area contributed by atoms with E-state index in [0.717, 1.165) is 5.56 Å². The van der Waals surface area contributed by atoms with Gasteiger partial charge in [0.05, 0.1) is 5.69 Å². The number of carbonyl (C=O) groups excluding carboxylic acids is 1. The largest absolute Gasteiger partial charge is 0.340 e. The summed E-state index contributed by atoms with van der Waals surface area (Å²) in [5.74, 6) is -0.532. The summed E-state index contributed by atoms with van der Waals surface area (Å²) in [6, 6.07) is 17.5. The van der Waals surface area contributed by atoms with Gasteiger partial charge in [0, 0.05) is 19.3 Å². The van der Waals surface area contributed by atoms with Crippen molar-refractivity contribution < 1.29 is 9.18 Å². The lowest BCUT2D eigenvalue weighted by atomic mass is 10.2. The summed E-state index contributed by atoms with van der Waals surface area (Å²) in [5.41, 5.74) is 2.08. The quantitative estimate of drug-likeness (QED) is 0.760. The first-order valence-corrected chi connectivity index (χ1v) is 8.19. The highest BCUT2D eigenvalue weighted by atomic mass is 19.1. The summed E-state index contributed by atoms with van der Waals surface area (Å²) in [6.07, 6.45) is 0. The van der Waals surface area contributed by atoms with Gasteiger partial charge >= 0.3 is 0 Å². The van der Waals surface area contributed by atoms with Crippen molar-refractivity contribution in [2.45, 2.75) is 13.5 Å². The maximum atomic E-state index is 13.7. The molecule has 0 unspecified atom stereocenters. The number of nitrogens with zero attached hydrogens (tertiary/aromatic N) is 3. The molecule has 0 spiro atoms. The average molecular weight is 350 g/mol. The van der Waals surface area contributed by atoms with Gasteiger partial charge in [-0.3, -0.25) is 4.79 Å². The highest BCUT2D eigenvalue weighted by molar-refractivity contribution is 6.03. The molecule has 0 aliphatic carbocycles. The van der Waals surface area contributed by atoms with E-state index in [2.05, 4.69) is 15.3 Å². The minimum absolute atomic E-state index is 0.118. The van der Waals surface area contributed by atoms with Crippen LogP contribution >= 0.6 is 0 Å². The van der Waals surface area contributed by atoms with Gasteiger partial charge in [0.1, 0.15) is 11.5 Å². The zero-order chi connectivity index (χ0) is 18.5. The lowest BCUT2D eigenvalue weighted by molar-refractivity contribution is 0.102. The molecular weight excluding hydrogens is 331 g/mol. The van der Waals surface area contributed by atoms with Crippen LogP contribution in [0.2, 0.25) is 0 Å². The zero-order valence-corrected chi connectivity index (χ0v) is 14.6. The summed E-state index contributed by atoms with van der Waals surface area (Å²) in [6.45, 7) is 2.40. The Labute approximate surface area is 151 Å². The molecule has 5 nitrogen and oxygen atoms in total. The van der Waals surface area contributed by atoms with Crippen LogP contribution in [0, 0.1) is 12.7 Å². The van der Waals surface area contributed by atoms with Gasteiger partial charge in [-0.1, -0.05) is 42.5 Å². The van der Waals surface area contributed by atoms with Crippen LogP contribution in [-0.2, 0) is 6.54 Å². The van der Waals surface area contributed by atoms with Gasteiger partial charge in [0.25, 0.3) is 5.91 Å². The first-order valence-electron chi connectivity index (χ1n) is 8.19. The number of anilines is 2. The van der Waals surface area contributed by atoms with Crippen molar-refractivity contribution in [1.29, 1.82) is 0 Å². The van der Waals surface area contributed by atoms with Crippen LogP contribution in [-0.4, -0.2) is 22.9 Å². The minimum Gasteiger partial charge on any atom is -0.340 e. The van der Waals surface area contributed by atoms with Gasteiger partial charge in [-0.2, -0.15) is 0 Å². The van der Waals surface area contributed by atoms with Crippen molar-refractivity contribution in [3.8, 4) is 0 Å². The lowest BCUT2D eigenvalue weighted by Crippen LogP contribution is -2.22. The number of aryl methyl sites for hydroxylation is 1. The molecule has 1 heterocycles. The lowest BCUT2D eigenvalue weighted by Gasteiger charge is -2.18. The molecule has 0 aliphatic heterocycles. The predicted octanol–water partition coefficient (Wildman–Crippen LogP) is 3.81. The molecule has 132 valence electrons. The van der Waals surface area contributed by atoms with Crippen molar-refractivity contribution in [2.75, 3.05) is 17.3 Å². The van der Waals surface area contributed by atoms with E-state index in [9.17, 15) is 9.18 Å². The predicted molar refractivity (Wildman–Crippen MR) is 99.7 cm³/mol. The second-order valence-electron chi connectivity index (χ2n) is 5.97. The highest BCUT2D eigenvalue weighted by Crippen LogP contribution is 2.16. The number of nitrogens with one attached hydrogen (secondary N) is 1. The molecule has 1 amide bonds. The van der Waals surface area contributed by atoms with E-state index in [1.165, 1.54) is 12.1 Å². The van der Waals surface area contributed by atoms with Crippen LogP contribution in [0.5, 0.6) is 0 Å². The van der Waals surface area contributed by atoms with Gasteiger partial charge in [0.2, 0.25) is 5.95 Å². The van der Waals surface area contributed by atoms with Crippen molar-refractivity contribution in [2.24, 2.45) is 0 Å². The van der Waals surface area contributed by atoms with E-state index in [1.807, 2.05) is 42.3 Å². The number of hydrogen-bond donors (Lipinski definition) is 1. The Morgan fingerprint density at radius 3 is 2.50 bits per heavy atom. The summed E-state index contributed by atoms with van der Waals surface area (Å²) in [7, 11) is 1.86. The standard InChI is InChI=1S/C20H19FN4O/c1-14-12-18(19(26)23-17-11-7-6-10-16(17)21)24-20(22-14)25(2)13-15-8-4-3-5-9-15/h3-12H,13H2,1-2H3,(H,23,26). The number of para-hydroxylation sites is 1. The number of carbonyl (C=O) groups is 1. The Balaban J connectivity index is 1.81. The monoisotopic (exact) mass is 350 g/mol. The molecule has 6 heteroatoms. The van der Waals surface area contributed by atoms with Crippen molar-refractivity contribution >= 4 is 17.5 Å². The Morgan fingerprint density at radius 1 is 1.08 bits per heavy atom. The SMILES string of the molecule is Cc1cc(C(=O)Nc2ccccc2F)nc(N(C)Cc2ccccc2)n1. The average Bonchev–Trinajstić information content (AvgIpc) is 2.64. The number of rotatable bonds is 5. The number of benzene rings is 2. The molecule has 0 bridgehead atoms. The third-order valence-corrected chi connectivity index (χ3v) is 3.80. The molecule has 0 aliphatic rings. The number of halogens is 1. The van der Waals surface area contributed by atoms with E-state index in [-0.39, 0.29) is 11.4 Å². The van der Waals surface area contributed by atoms with Crippen molar-refractivity contribution in [3.63, 3.8) is 0 Å². The Bertz CT molecular complexity index is 915. The maximum absolute atomic E-state index is 13.7. The van der Waals surface area contributed by atoms with Crippen LogP contribution in [0.1, 0.15) is 21.7 Å². The molecule has 0 saturated heterocycles. The number of aromatic nitrogens is 2. The molecule has 1 aromatic heterocycles. The summed E-state index contributed by atoms with van der Waals surface area (Å²) < 4.78 is 13.7. The van der Waals surface area contributed by atoms with E-state index >= 15 is 0 Å². The van der Waals surface area contributed by atoms with E-state index in [4.69, 9.17) is 0 Å². The third kappa shape index (κ3) is 4.22. The van der Waals surface area contributed by atoms with Gasteiger partial charge in [0.15, 0.2) is 0 Å². The van der Waals surface area contributed by atoms with E-state index in [1.54, 1.807) is 25.1 Å². The molecule has 0 saturated carbocycles. The molecule has 0 fully saturated rings. The van der Waals surface area contributed by atoms with Crippen LogP contribution < -0.4 is 10.2 Å². The second-order valence-corrected chi connectivity index (χ2v) is 5.97. The van der Waals surface area contributed by atoms with Crippen LogP contribution in [0.3, 0.4) is 0 Å². The Kier molecular flexibility index (Phi) is 5.22. The molecule has 2 aromatic carbocycles. The second kappa shape index (κ2) is 7.74. The van der Waals surface area contributed by atoms with E-state index < -0.39 is 11.7 Å². The Hall–Kier alpha value is -3.28. The molecule has 0 radical (unpaired) electrons. The molecular formula is C20H19FN4O. The van der Waals surface area contributed by atoms with Gasteiger partial charge in [-0.15, -0.1) is 0 Å². The first kappa shape index (κ1) is 17.5. The normalized spacial score (nSPS) is 10.4. The number of hydrogen-bond acceptors (Lipinski definition) is 4. The fourth-order valence-electron chi connectivity index (χ4n) is 2.52. The van der Waals surface area contributed by atoms with Crippen LogP contribution in [0.15, 0.2) is 60.7 Å². The van der Waals surface area contributed by atoms with Crippen molar-refractivity contribution in [1.82, 2.24) is 9.97 Å².